The molecule has 6 amide bonds. The molecule has 2 saturated heterocycles. The molecule has 3 aromatic heterocycles. The van der Waals surface area contributed by atoms with Crippen molar-refractivity contribution in [3.8, 4) is 17.2 Å². The van der Waals surface area contributed by atoms with Gasteiger partial charge in [0.2, 0.25) is 6.29 Å². The summed E-state index contributed by atoms with van der Waals surface area (Å²) in [6, 6.07) is 9.60. The highest BCUT2D eigenvalue weighted by Crippen LogP contribution is 2.42. The Labute approximate surface area is 460 Å². The van der Waals surface area contributed by atoms with Crippen LogP contribution in [0, 0.1) is 0 Å². The largest absolute Gasteiger partial charge is 0.493 e. The highest BCUT2D eigenvalue weighted by molar-refractivity contribution is 6.08. The number of aliphatic hydroxyl groups excluding tert-OH is 1. The smallest absolute Gasteiger partial charge is 0.416 e. The fourth-order valence-corrected chi connectivity index (χ4v) is 9.53. The summed E-state index contributed by atoms with van der Waals surface area (Å²) in [6.45, 7) is 7.14. The lowest BCUT2D eigenvalue weighted by Gasteiger charge is -2.32. The van der Waals surface area contributed by atoms with Crippen molar-refractivity contribution < 1.29 is 67.1 Å². The second kappa shape index (κ2) is 25.5. The molecule has 80 heavy (non-hydrogen) atoms. The molecule has 5 atom stereocenters. The number of benzene rings is 2. The molecular formula is C54H66N12O14. The van der Waals surface area contributed by atoms with E-state index in [2.05, 4.69) is 38.2 Å². The molecule has 6 heterocycles. The van der Waals surface area contributed by atoms with Crippen LogP contribution in [0.5, 0.6) is 17.2 Å². The highest BCUT2D eigenvalue weighted by Gasteiger charge is 2.46. The Bertz CT molecular complexity index is 3150. The second-order valence-corrected chi connectivity index (χ2v) is 19.7. The number of nitrogens with one attached hydrogen (secondary N) is 4. The lowest BCUT2D eigenvalue weighted by atomic mass is 10.1. The van der Waals surface area contributed by atoms with Gasteiger partial charge < -0.3 is 78.5 Å². The van der Waals surface area contributed by atoms with Crippen LogP contribution < -0.4 is 40.4 Å². The van der Waals surface area contributed by atoms with Gasteiger partial charge in [-0.25, -0.2) is 14.4 Å². The van der Waals surface area contributed by atoms with Gasteiger partial charge in [0.15, 0.2) is 23.4 Å². The monoisotopic (exact) mass is 1110 g/mol. The number of fused-ring (bicyclic) bond motifs is 2. The lowest BCUT2D eigenvalue weighted by Crippen LogP contribution is -2.50. The lowest BCUT2D eigenvalue weighted by molar-refractivity contribution is -0.180. The molecule has 2 aromatic carbocycles. The number of aliphatic hydroxyl groups is 1. The van der Waals surface area contributed by atoms with Crippen LogP contribution >= 0.6 is 0 Å². The molecule has 5 aromatic rings. The van der Waals surface area contributed by atoms with Gasteiger partial charge in [-0.15, -0.1) is 5.10 Å². The average molecular weight is 1110 g/mol. The fourth-order valence-electron chi connectivity index (χ4n) is 9.53. The van der Waals surface area contributed by atoms with Crippen LogP contribution in [-0.2, 0) is 46.3 Å². The molecule has 0 aliphatic carbocycles. The van der Waals surface area contributed by atoms with E-state index < -0.39 is 54.4 Å². The molecule has 0 spiro atoms. The molecule has 426 valence electrons. The van der Waals surface area contributed by atoms with Crippen molar-refractivity contribution in [3.05, 3.63) is 107 Å². The minimum Gasteiger partial charge on any atom is -0.493 e. The molecule has 3 aliphatic heterocycles. The molecule has 2 unspecified atom stereocenters. The number of carbonyl (C=O) groups excluding carboxylic acids is 7. The summed E-state index contributed by atoms with van der Waals surface area (Å²) in [4.78, 5) is 97.5. The minimum atomic E-state index is -1.61. The van der Waals surface area contributed by atoms with Gasteiger partial charge in [-0.1, -0.05) is 23.4 Å². The number of carbonyl (C=O) groups is 7. The van der Waals surface area contributed by atoms with Crippen LogP contribution in [0.25, 0.3) is 0 Å². The summed E-state index contributed by atoms with van der Waals surface area (Å²) in [7, 11) is 10.2. The number of nitrogens with zero attached hydrogens (tertiary/aromatic N) is 8. The number of hydrogen-bond donors (Lipinski definition) is 5. The quantitative estimate of drug-likeness (QED) is 0.0377. The van der Waals surface area contributed by atoms with Gasteiger partial charge >= 0.3 is 6.09 Å². The molecule has 3 aliphatic rings. The van der Waals surface area contributed by atoms with E-state index in [4.69, 9.17) is 28.4 Å². The first-order chi connectivity index (χ1) is 38.4. The third-order valence-corrected chi connectivity index (χ3v) is 13.5. The summed E-state index contributed by atoms with van der Waals surface area (Å²) >= 11 is 0. The maximum atomic E-state index is 14.3. The van der Waals surface area contributed by atoms with Crippen molar-refractivity contribution in [3.63, 3.8) is 0 Å². The van der Waals surface area contributed by atoms with Crippen LogP contribution in [0.15, 0.2) is 73.2 Å². The molecule has 5 N–H and O–H groups in total. The normalized spacial score (nSPS) is 18.7. The number of aryl methyl sites for hydroxylation is 2. The van der Waals surface area contributed by atoms with Crippen LogP contribution in [0.2, 0.25) is 0 Å². The van der Waals surface area contributed by atoms with Crippen molar-refractivity contribution in [1.29, 1.82) is 0 Å². The Hall–Kier alpha value is -8.59. The van der Waals surface area contributed by atoms with E-state index in [1.165, 1.54) is 60.3 Å². The first-order valence-electron chi connectivity index (χ1n) is 25.8. The number of amides is 6. The van der Waals surface area contributed by atoms with Gasteiger partial charge in [-0.2, -0.15) is 0 Å². The predicted molar refractivity (Wildman–Crippen MR) is 288 cm³/mol. The second-order valence-electron chi connectivity index (χ2n) is 19.7. The van der Waals surface area contributed by atoms with Gasteiger partial charge in [0.25, 0.3) is 29.5 Å². The minimum absolute atomic E-state index is 0.00994. The molecule has 0 saturated carbocycles. The van der Waals surface area contributed by atoms with Crippen molar-refractivity contribution in [2.45, 2.75) is 76.5 Å². The van der Waals surface area contributed by atoms with Gasteiger partial charge in [0, 0.05) is 72.1 Å². The predicted octanol–water partition coefficient (Wildman–Crippen LogP) is 3.32. The Balaban J connectivity index is 0.924. The Morgan fingerprint density at radius 3 is 2.31 bits per heavy atom. The van der Waals surface area contributed by atoms with Crippen molar-refractivity contribution in [2.75, 3.05) is 76.6 Å². The summed E-state index contributed by atoms with van der Waals surface area (Å²) < 4.78 is 39.5. The molecule has 8 rings (SSSR count). The van der Waals surface area contributed by atoms with Gasteiger partial charge in [-0.05, 0) is 76.3 Å². The van der Waals surface area contributed by atoms with Crippen LogP contribution in [0.3, 0.4) is 0 Å². The molecular weight excluding hydrogens is 1040 g/mol. The number of aldehydes is 1. The number of rotatable bonds is 22. The first-order valence-corrected chi connectivity index (χ1v) is 25.8. The molecule has 26 nitrogen and oxygen atoms in total. The van der Waals surface area contributed by atoms with Crippen molar-refractivity contribution in [2.24, 2.45) is 14.1 Å². The average Bonchev–Trinajstić information content (AvgIpc) is 4.30. The number of aromatic nitrogens is 5. The van der Waals surface area contributed by atoms with E-state index in [1.807, 2.05) is 19.0 Å². The zero-order valence-electron chi connectivity index (χ0n) is 45.6. The maximum Gasteiger partial charge on any atom is 0.416 e. The van der Waals surface area contributed by atoms with E-state index in [9.17, 15) is 38.7 Å². The SMILES string of the molecule is C=C1CC2C(O)N(C(=O)OCc3ccc(O[C@H]4C[C@@H](OC)C[C@@H](C=O)O4)c(C(=O)NCC)c3)c3cc(OCCn4cc(C(=O)Nc5cc(C(=O)Nc6cc(C(=O)NCCCN(C)C)n(C)c6)n(C)c5)nn4)c(OC)cc3C(=O)N2C1. The van der Waals surface area contributed by atoms with Gasteiger partial charge in [0.05, 0.1) is 60.2 Å². The van der Waals surface area contributed by atoms with Crippen molar-refractivity contribution in [1.82, 2.24) is 44.6 Å². The summed E-state index contributed by atoms with van der Waals surface area (Å²) in [6.07, 6.45) is 2.28. The maximum absolute atomic E-state index is 14.3. The van der Waals surface area contributed by atoms with Gasteiger partial charge in [0.1, 0.15) is 42.7 Å². The van der Waals surface area contributed by atoms with E-state index in [0.29, 0.717) is 60.4 Å². The van der Waals surface area contributed by atoms with E-state index in [0.717, 1.165) is 17.9 Å². The van der Waals surface area contributed by atoms with E-state index in [1.54, 1.807) is 54.7 Å². The summed E-state index contributed by atoms with van der Waals surface area (Å²) in [5, 5.41) is 31.2. The Morgan fingerprint density at radius 2 is 1.62 bits per heavy atom. The highest BCUT2D eigenvalue weighted by atomic mass is 16.7. The van der Waals surface area contributed by atoms with E-state index in [-0.39, 0.29) is 90.2 Å². The summed E-state index contributed by atoms with van der Waals surface area (Å²) in [5.74, 6) is -1.96. The van der Waals surface area contributed by atoms with Crippen molar-refractivity contribution >= 4 is 59.0 Å². The number of ether oxygens (including phenoxy) is 6. The fraction of sp³-hybridized carbons (Fsp3) is 0.426. The Kier molecular flexibility index (Phi) is 18.3. The van der Waals surface area contributed by atoms with Crippen LogP contribution in [0.1, 0.15) is 90.4 Å². The Morgan fingerprint density at radius 1 is 0.900 bits per heavy atom. The van der Waals surface area contributed by atoms with Crippen LogP contribution in [-0.4, -0.2) is 173 Å². The number of hydrogen-bond acceptors (Lipinski definition) is 17. The zero-order valence-corrected chi connectivity index (χ0v) is 45.6. The van der Waals surface area contributed by atoms with Crippen LogP contribution in [0.4, 0.5) is 21.9 Å². The zero-order chi connectivity index (χ0) is 57.4. The molecule has 0 bridgehead atoms. The molecule has 26 heteroatoms. The van der Waals surface area contributed by atoms with E-state index >= 15 is 0 Å². The van der Waals surface area contributed by atoms with Gasteiger partial charge in [-0.3, -0.25) is 24.0 Å². The molecule has 2 fully saturated rings. The molecule has 0 radical (unpaired) electrons. The first kappa shape index (κ1) is 57.6. The third-order valence-electron chi connectivity index (χ3n) is 13.5. The number of anilines is 3. The standard InChI is InChI=1S/C54H66N12O14/c1-9-55-48(68)38-18-32(11-12-44(38)80-47-22-35(75-7)21-36(29-67)79-47)30-78-54(74)66-40-24-46(45(76-8)23-37(40)52(72)65-25-31(2)17-43(65)53(66)73)77-16-15-64-28-39(59-60-64)49(69)57-33-20-42(63(6)26-33)51(71)58-34-19-41(62(5)27-34)50(70)56-13-10-14-61(3)4/h11-12,18-20,23-24,26-29,35-36,43,47,53,73H,2,9-10,13-17,21-22,25,30H2,1,3-8H3,(H,55,68)(H,56,70)(H,57,69)(H,58,71)/t35-,36-,43?,47-,53?/m0/s1. The third kappa shape index (κ3) is 13.3. The number of methoxy groups -OCH3 is 2. The topological polar surface area (TPSA) is 294 Å². The summed E-state index contributed by atoms with van der Waals surface area (Å²) in [5.41, 5.74) is 2.40.